The molecule has 1 N–H and O–H groups in total. The third-order valence-corrected chi connectivity index (χ3v) is 2.18. The third kappa shape index (κ3) is 3.78. The van der Waals surface area contributed by atoms with Crippen LogP contribution in [-0.2, 0) is 11.8 Å². The summed E-state index contributed by atoms with van der Waals surface area (Å²) in [7, 11) is 1.57. The van der Waals surface area contributed by atoms with Crippen LogP contribution in [0.2, 0.25) is 0 Å². The number of benzene rings is 1. The van der Waals surface area contributed by atoms with Crippen molar-refractivity contribution in [3.63, 3.8) is 0 Å². The Bertz CT molecular complexity index is 584. The number of halogens is 1. The molecule has 1 aromatic heterocycles. The number of carboxylic acids is 1. The lowest BCUT2D eigenvalue weighted by Crippen LogP contribution is -2.10. The van der Waals surface area contributed by atoms with Crippen molar-refractivity contribution < 1.29 is 19.0 Å². The van der Waals surface area contributed by atoms with Crippen molar-refractivity contribution in [1.82, 2.24) is 14.8 Å². The molecule has 6 nitrogen and oxygen atoms in total. The monoisotopic (exact) mass is 281 g/mol. The van der Waals surface area contributed by atoms with Crippen molar-refractivity contribution in [2.24, 2.45) is 7.05 Å². The summed E-state index contributed by atoms with van der Waals surface area (Å²) in [5.74, 6) is -1.29. The molecule has 0 atom stereocenters. The van der Waals surface area contributed by atoms with E-state index in [9.17, 15) is 9.18 Å². The summed E-state index contributed by atoms with van der Waals surface area (Å²) in [6.07, 6.45) is 0. The number of carbonyl (C=O) groups is 1. The minimum Gasteiger partial charge on any atom is -0.479 e. The molecule has 0 aliphatic carbocycles. The van der Waals surface area contributed by atoms with Gasteiger partial charge in [0.25, 0.3) is 0 Å². The van der Waals surface area contributed by atoms with Crippen LogP contribution >= 0.6 is 0 Å². The Hall–Kier alpha value is -2.44. The molecule has 108 valence electrons. The maximum atomic E-state index is 13.6. The van der Waals surface area contributed by atoms with Gasteiger partial charge in [0.2, 0.25) is 0 Å². The number of nitrogens with zero attached hydrogens (tertiary/aromatic N) is 3. The highest BCUT2D eigenvalue weighted by atomic mass is 19.1. The average molecular weight is 281 g/mol. The van der Waals surface area contributed by atoms with Gasteiger partial charge in [0.05, 0.1) is 5.56 Å². The average Bonchev–Trinajstić information content (AvgIpc) is 2.80. The Morgan fingerprint density at radius 1 is 1.40 bits per heavy atom. The zero-order chi connectivity index (χ0) is 15.1. The smallest absolute Gasteiger partial charge is 0.341 e. The largest absolute Gasteiger partial charge is 0.479 e. The Kier molecular flexibility index (Phi) is 5.64. The molecule has 0 radical (unpaired) electrons. The van der Waals surface area contributed by atoms with Gasteiger partial charge in [-0.15, -0.1) is 5.10 Å². The van der Waals surface area contributed by atoms with Crippen molar-refractivity contribution in [3.8, 4) is 17.4 Å². The van der Waals surface area contributed by atoms with Crippen LogP contribution in [0.15, 0.2) is 24.3 Å². The molecule has 1 heterocycles. The van der Waals surface area contributed by atoms with Crippen molar-refractivity contribution in [3.05, 3.63) is 30.1 Å². The lowest BCUT2D eigenvalue weighted by atomic mass is 10.2. The fourth-order valence-electron chi connectivity index (χ4n) is 1.43. The summed E-state index contributed by atoms with van der Waals surface area (Å²) in [5.41, 5.74) is 0.276. The van der Waals surface area contributed by atoms with Gasteiger partial charge in [-0.2, -0.15) is 4.98 Å². The van der Waals surface area contributed by atoms with Crippen molar-refractivity contribution in [2.75, 3.05) is 6.61 Å². The van der Waals surface area contributed by atoms with Gasteiger partial charge in [-0.3, -0.25) is 0 Å². The Morgan fingerprint density at radius 2 is 2.05 bits per heavy atom. The second kappa shape index (κ2) is 7.22. The quantitative estimate of drug-likeness (QED) is 0.928. The van der Waals surface area contributed by atoms with Gasteiger partial charge in [-0.25, -0.2) is 13.9 Å². The highest BCUT2D eigenvalue weighted by Gasteiger charge is 2.14. The first kappa shape index (κ1) is 15.6. The van der Waals surface area contributed by atoms with Crippen LogP contribution < -0.4 is 4.74 Å². The second-order valence-corrected chi connectivity index (χ2v) is 3.50. The van der Waals surface area contributed by atoms with Crippen LogP contribution in [0, 0.1) is 5.82 Å². The van der Waals surface area contributed by atoms with Crippen LogP contribution in [0.5, 0.6) is 6.01 Å². The molecule has 0 aliphatic rings. The van der Waals surface area contributed by atoms with E-state index in [2.05, 4.69) is 10.1 Å². The number of carboxylic acid groups (broad SMARTS) is 1. The Labute approximate surface area is 115 Å². The molecule has 0 fully saturated rings. The van der Waals surface area contributed by atoms with Gasteiger partial charge in [-0.1, -0.05) is 26.0 Å². The molecule has 7 heteroatoms. The van der Waals surface area contributed by atoms with Crippen LogP contribution in [0.25, 0.3) is 11.4 Å². The van der Waals surface area contributed by atoms with E-state index in [-0.39, 0.29) is 17.4 Å². The molecular weight excluding hydrogens is 265 g/mol. The molecule has 0 amide bonds. The van der Waals surface area contributed by atoms with E-state index in [0.29, 0.717) is 0 Å². The van der Waals surface area contributed by atoms with E-state index in [1.807, 2.05) is 13.8 Å². The van der Waals surface area contributed by atoms with Crippen molar-refractivity contribution >= 4 is 5.97 Å². The summed E-state index contributed by atoms with van der Waals surface area (Å²) < 4.78 is 19.7. The molecule has 0 spiro atoms. The first-order valence-electron chi connectivity index (χ1n) is 6.08. The number of hydrogen-bond acceptors (Lipinski definition) is 4. The fourth-order valence-corrected chi connectivity index (χ4v) is 1.43. The number of ether oxygens (including phenoxy) is 1. The number of rotatable bonds is 4. The minimum absolute atomic E-state index is 0.0989. The zero-order valence-corrected chi connectivity index (χ0v) is 11.5. The lowest BCUT2D eigenvalue weighted by Gasteiger charge is -2.00. The predicted octanol–water partition coefficient (Wildman–Crippen LogP) is 2.11. The maximum Gasteiger partial charge on any atom is 0.341 e. The topological polar surface area (TPSA) is 77.2 Å². The maximum absolute atomic E-state index is 13.6. The van der Waals surface area contributed by atoms with Gasteiger partial charge in [0, 0.05) is 7.05 Å². The Morgan fingerprint density at radius 3 is 2.65 bits per heavy atom. The summed E-state index contributed by atoms with van der Waals surface area (Å²) in [5, 5.41) is 12.3. The highest BCUT2D eigenvalue weighted by molar-refractivity contribution is 5.68. The lowest BCUT2D eigenvalue weighted by molar-refractivity contribution is -0.139. The van der Waals surface area contributed by atoms with Crippen LogP contribution in [0.4, 0.5) is 4.39 Å². The summed E-state index contributed by atoms with van der Waals surface area (Å²) in [4.78, 5) is 14.3. The van der Waals surface area contributed by atoms with Gasteiger partial charge >= 0.3 is 12.0 Å². The molecule has 0 saturated carbocycles. The first-order chi connectivity index (χ1) is 9.58. The van der Waals surface area contributed by atoms with E-state index in [1.165, 1.54) is 10.7 Å². The van der Waals surface area contributed by atoms with E-state index < -0.39 is 18.4 Å². The number of aliphatic carboxylic acids is 1. The van der Waals surface area contributed by atoms with E-state index in [0.717, 1.165) is 0 Å². The fraction of sp³-hybridized carbons (Fsp3) is 0.308. The van der Waals surface area contributed by atoms with Gasteiger partial charge in [-0.05, 0) is 12.1 Å². The van der Waals surface area contributed by atoms with E-state index in [1.54, 1.807) is 25.2 Å². The van der Waals surface area contributed by atoms with Crippen LogP contribution in [0.1, 0.15) is 13.8 Å². The predicted molar refractivity (Wildman–Crippen MR) is 70.9 cm³/mol. The second-order valence-electron chi connectivity index (χ2n) is 3.50. The van der Waals surface area contributed by atoms with Crippen molar-refractivity contribution in [1.29, 1.82) is 0 Å². The summed E-state index contributed by atoms with van der Waals surface area (Å²) >= 11 is 0. The molecule has 0 aliphatic heterocycles. The van der Waals surface area contributed by atoms with E-state index >= 15 is 0 Å². The summed E-state index contributed by atoms with van der Waals surface area (Å²) in [6, 6.07) is 6.00. The van der Waals surface area contributed by atoms with Gasteiger partial charge in [0.15, 0.2) is 12.4 Å². The molecule has 1 aromatic carbocycles. The number of aromatic nitrogens is 3. The summed E-state index contributed by atoms with van der Waals surface area (Å²) in [6.45, 7) is 3.46. The molecule has 0 unspecified atom stereocenters. The molecule has 2 rings (SSSR count). The molecule has 2 aromatic rings. The highest BCUT2D eigenvalue weighted by Crippen LogP contribution is 2.21. The first-order valence-corrected chi connectivity index (χ1v) is 6.08. The van der Waals surface area contributed by atoms with Crippen LogP contribution in [0.3, 0.4) is 0 Å². The number of hydrogen-bond donors (Lipinski definition) is 1. The molecule has 20 heavy (non-hydrogen) atoms. The number of aryl methyl sites for hydroxylation is 1. The van der Waals surface area contributed by atoms with Gasteiger partial charge in [0.1, 0.15) is 5.82 Å². The molecular formula is C13H16FN3O3. The third-order valence-electron chi connectivity index (χ3n) is 2.18. The molecule has 0 bridgehead atoms. The van der Waals surface area contributed by atoms with Crippen molar-refractivity contribution in [2.45, 2.75) is 13.8 Å². The standard InChI is InChI=1S/C11H10FN3O3.C2H6/c1-15-10(7-4-2-3-5-8(7)12)13-11(14-15)18-6-9(16)17;1-2/h2-5H,6H2,1H3,(H,16,17);1-2H3. The molecule has 0 saturated heterocycles. The zero-order valence-electron chi connectivity index (χ0n) is 11.5. The minimum atomic E-state index is -1.13. The van der Waals surface area contributed by atoms with Crippen LogP contribution in [-0.4, -0.2) is 32.4 Å². The Balaban J connectivity index is 0.000000956. The van der Waals surface area contributed by atoms with Gasteiger partial charge < -0.3 is 9.84 Å². The SMILES string of the molecule is CC.Cn1nc(OCC(=O)O)nc1-c1ccccc1F. The normalized spacial score (nSPS) is 9.60. The van der Waals surface area contributed by atoms with E-state index in [4.69, 9.17) is 9.84 Å².